The summed E-state index contributed by atoms with van der Waals surface area (Å²) in [7, 11) is 0. The van der Waals surface area contributed by atoms with Crippen molar-refractivity contribution in [3.8, 4) is 11.5 Å². The first-order valence-corrected chi connectivity index (χ1v) is 9.60. The summed E-state index contributed by atoms with van der Waals surface area (Å²) < 4.78 is 11.7. The molecule has 0 aliphatic rings. The second kappa shape index (κ2) is 9.18. The number of hydrogen-bond acceptors (Lipinski definition) is 3. The Labute approximate surface area is 170 Å². The Kier molecular flexibility index (Phi) is 7.48. The van der Waals surface area contributed by atoms with Crippen molar-refractivity contribution in [1.82, 2.24) is 5.32 Å². The highest BCUT2D eigenvalue weighted by atomic mass is 35.5. The number of benzene rings is 2. The molecule has 2 aromatic carbocycles. The summed E-state index contributed by atoms with van der Waals surface area (Å²) in [5.41, 5.74) is 1.95. The monoisotopic (exact) mass is 415 g/mol. The summed E-state index contributed by atoms with van der Waals surface area (Å²) in [6, 6.07) is 9.24. The summed E-state index contributed by atoms with van der Waals surface area (Å²) in [5, 5.41) is 4.96. The van der Waals surface area contributed by atoms with Gasteiger partial charge in [0.05, 0.1) is 21.7 Å². The highest BCUT2D eigenvalue weighted by molar-refractivity contribution is 6.42. The van der Waals surface area contributed by atoms with E-state index in [0.717, 1.165) is 11.1 Å². The van der Waals surface area contributed by atoms with Crippen molar-refractivity contribution in [2.75, 3.05) is 6.61 Å². The molecule has 0 aliphatic heterocycles. The van der Waals surface area contributed by atoms with Crippen LogP contribution in [-0.4, -0.2) is 12.1 Å². The summed E-state index contributed by atoms with van der Waals surface area (Å²) in [5.74, 6) is 1.16. The Balaban J connectivity index is 2.19. The lowest BCUT2D eigenvalue weighted by Crippen LogP contribution is -2.35. The van der Waals surface area contributed by atoms with Crippen LogP contribution in [0.4, 0.5) is 0 Å². The van der Waals surface area contributed by atoms with E-state index in [1.165, 1.54) is 0 Å². The van der Waals surface area contributed by atoms with Crippen LogP contribution in [0.15, 0.2) is 30.3 Å². The van der Waals surface area contributed by atoms with Crippen LogP contribution in [0.3, 0.4) is 0 Å². The molecule has 0 bridgehead atoms. The SMILES string of the molecule is CCOc1cc(CNC(C)(C)C)cc(Cl)c1OCc1ccc(Cl)c(Cl)c1. The molecule has 0 atom stereocenters. The van der Waals surface area contributed by atoms with Crippen molar-refractivity contribution >= 4 is 34.8 Å². The number of halogens is 3. The zero-order chi connectivity index (χ0) is 19.3. The lowest BCUT2D eigenvalue weighted by molar-refractivity contribution is 0.269. The molecule has 0 heterocycles. The van der Waals surface area contributed by atoms with Gasteiger partial charge in [-0.25, -0.2) is 0 Å². The zero-order valence-electron chi connectivity index (χ0n) is 15.5. The lowest BCUT2D eigenvalue weighted by atomic mass is 10.1. The van der Waals surface area contributed by atoms with E-state index in [1.807, 2.05) is 25.1 Å². The van der Waals surface area contributed by atoms with Gasteiger partial charge in [0.1, 0.15) is 6.61 Å². The highest BCUT2D eigenvalue weighted by Gasteiger charge is 2.15. The van der Waals surface area contributed by atoms with Crippen molar-refractivity contribution in [3.63, 3.8) is 0 Å². The molecule has 2 aromatic rings. The molecule has 6 heteroatoms. The highest BCUT2D eigenvalue weighted by Crippen LogP contribution is 2.37. The predicted octanol–water partition coefficient (Wildman–Crippen LogP) is 6.51. The van der Waals surface area contributed by atoms with Gasteiger partial charge in [0.2, 0.25) is 0 Å². The van der Waals surface area contributed by atoms with Crippen molar-refractivity contribution < 1.29 is 9.47 Å². The molecule has 0 radical (unpaired) electrons. The third kappa shape index (κ3) is 6.24. The van der Waals surface area contributed by atoms with E-state index in [4.69, 9.17) is 44.3 Å². The van der Waals surface area contributed by atoms with E-state index in [0.29, 0.717) is 46.3 Å². The van der Waals surface area contributed by atoms with Crippen LogP contribution in [0.25, 0.3) is 0 Å². The average Bonchev–Trinajstić information content (AvgIpc) is 2.55. The molecule has 142 valence electrons. The normalized spacial score (nSPS) is 11.5. The van der Waals surface area contributed by atoms with Gasteiger partial charge in [-0.15, -0.1) is 0 Å². The Morgan fingerprint density at radius 3 is 2.19 bits per heavy atom. The molecular formula is C20H24Cl3NO2. The second-order valence-electron chi connectivity index (χ2n) is 6.98. The van der Waals surface area contributed by atoms with E-state index in [2.05, 4.69) is 26.1 Å². The standard InChI is InChI=1S/C20H24Cl3NO2/c1-5-25-18-10-14(11-24-20(2,3)4)9-17(23)19(18)26-12-13-6-7-15(21)16(22)8-13/h6-10,24H,5,11-12H2,1-4H3. The molecule has 0 saturated heterocycles. The zero-order valence-corrected chi connectivity index (χ0v) is 17.7. The summed E-state index contributed by atoms with van der Waals surface area (Å²) in [4.78, 5) is 0. The Morgan fingerprint density at radius 1 is 0.885 bits per heavy atom. The fraction of sp³-hybridized carbons (Fsp3) is 0.400. The van der Waals surface area contributed by atoms with Crippen molar-refractivity contribution in [2.45, 2.75) is 46.4 Å². The topological polar surface area (TPSA) is 30.5 Å². The maximum absolute atomic E-state index is 6.46. The van der Waals surface area contributed by atoms with Gasteiger partial charge in [-0.2, -0.15) is 0 Å². The number of nitrogens with one attached hydrogen (secondary N) is 1. The molecule has 2 rings (SSSR count). The summed E-state index contributed by atoms with van der Waals surface area (Å²) >= 11 is 18.5. The fourth-order valence-corrected chi connectivity index (χ4v) is 2.89. The number of hydrogen-bond donors (Lipinski definition) is 1. The third-order valence-electron chi connectivity index (χ3n) is 3.56. The van der Waals surface area contributed by atoms with Gasteiger partial charge in [0, 0.05) is 12.1 Å². The van der Waals surface area contributed by atoms with E-state index in [-0.39, 0.29) is 5.54 Å². The first kappa shape index (κ1) is 21.2. The first-order valence-electron chi connectivity index (χ1n) is 8.46. The smallest absolute Gasteiger partial charge is 0.180 e. The first-order chi connectivity index (χ1) is 12.2. The molecule has 3 nitrogen and oxygen atoms in total. The van der Waals surface area contributed by atoms with E-state index >= 15 is 0 Å². The van der Waals surface area contributed by atoms with E-state index < -0.39 is 0 Å². The average molecular weight is 417 g/mol. The number of rotatable bonds is 7. The lowest BCUT2D eigenvalue weighted by Gasteiger charge is -2.21. The second-order valence-corrected chi connectivity index (χ2v) is 8.20. The van der Waals surface area contributed by atoms with Gasteiger partial charge in [0.15, 0.2) is 11.5 Å². The number of ether oxygens (including phenoxy) is 2. The van der Waals surface area contributed by atoms with Gasteiger partial charge in [-0.05, 0) is 63.1 Å². The minimum absolute atomic E-state index is 0.0152. The molecule has 0 aromatic heterocycles. The fourth-order valence-electron chi connectivity index (χ4n) is 2.28. The third-order valence-corrected chi connectivity index (χ3v) is 4.58. The van der Waals surface area contributed by atoms with E-state index in [1.54, 1.807) is 12.1 Å². The van der Waals surface area contributed by atoms with Crippen LogP contribution < -0.4 is 14.8 Å². The maximum atomic E-state index is 6.46. The van der Waals surface area contributed by atoms with E-state index in [9.17, 15) is 0 Å². The Bertz CT molecular complexity index is 757. The van der Waals surface area contributed by atoms with Crippen LogP contribution in [0.5, 0.6) is 11.5 Å². The van der Waals surface area contributed by atoms with Crippen LogP contribution in [0.1, 0.15) is 38.8 Å². The molecule has 0 saturated carbocycles. The maximum Gasteiger partial charge on any atom is 0.180 e. The van der Waals surface area contributed by atoms with Crippen molar-refractivity contribution in [2.24, 2.45) is 0 Å². The van der Waals surface area contributed by atoms with Crippen molar-refractivity contribution in [3.05, 3.63) is 56.5 Å². The molecule has 0 fully saturated rings. The molecular weight excluding hydrogens is 393 g/mol. The molecule has 1 N–H and O–H groups in total. The summed E-state index contributed by atoms with van der Waals surface area (Å²) in [6.45, 7) is 9.81. The van der Waals surface area contributed by atoms with Crippen LogP contribution in [0.2, 0.25) is 15.1 Å². The molecule has 0 aliphatic carbocycles. The van der Waals surface area contributed by atoms with Crippen LogP contribution >= 0.6 is 34.8 Å². The van der Waals surface area contributed by atoms with Crippen molar-refractivity contribution in [1.29, 1.82) is 0 Å². The molecule has 26 heavy (non-hydrogen) atoms. The largest absolute Gasteiger partial charge is 0.490 e. The predicted molar refractivity (Wildman–Crippen MR) is 110 cm³/mol. The Hall–Kier alpha value is -1.13. The quantitative estimate of drug-likeness (QED) is 0.558. The van der Waals surface area contributed by atoms with Gasteiger partial charge in [-0.3, -0.25) is 0 Å². The minimum Gasteiger partial charge on any atom is -0.490 e. The van der Waals surface area contributed by atoms with Crippen LogP contribution in [-0.2, 0) is 13.2 Å². The molecule has 0 unspecified atom stereocenters. The summed E-state index contributed by atoms with van der Waals surface area (Å²) in [6.07, 6.45) is 0. The van der Waals surface area contributed by atoms with Gasteiger partial charge in [0.25, 0.3) is 0 Å². The van der Waals surface area contributed by atoms with Gasteiger partial charge < -0.3 is 14.8 Å². The van der Waals surface area contributed by atoms with Gasteiger partial charge in [-0.1, -0.05) is 40.9 Å². The Morgan fingerprint density at radius 2 is 1.58 bits per heavy atom. The molecule has 0 spiro atoms. The molecule has 0 amide bonds. The van der Waals surface area contributed by atoms with Crippen LogP contribution in [0, 0.1) is 0 Å². The minimum atomic E-state index is 0.0152. The van der Waals surface area contributed by atoms with Gasteiger partial charge >= 0.3 is 0 Å².